The number of hydrogen-bond donors (Lipinski definition) is 2. The summed E-state index contributed by atoms with van der Waals surface area (Å²) >= 11 is 3.41. The van der Waals surface area contributed by atoms with Crippen LogP contribution >= 0.6 is 23.5 Å². The maximum Gasteiger partial charge on any atom is 0.0226 e. The van der Waals surface area contributed by atoms with E-state index in [1.165, 1.54) is 88.0 Å². The van der Waals surface area contributed by atoms with Crippen LogP contribution < -0.4 is 11.5 Å². The molecule has 0 unspecified atom stereocenters. The molecule has 0 saturated heterocycles. The number of hydrogen-bond acceptors (Lipinski definition) is 4. The third kappa shape index (κ3) is 6.71. The molecule has 4 heteroatoms. The number of nitrogens with two attached hydrogens (primary N) is 2. The summed E-state index contributed by atoms with van der Waals surface area (Å²) in [6, 6.07) is 58.1. The van der Waals surface area contributed by atoms with Crippen molar-refractivity contribution in [3.8, 4) is 44.5 Å². The van der Waals surface area contributed by atoms with Crippen molar-refractivity contribution >= 4 is 55.8 Å². The lowest BCUT2D eigenvalue weighted by Gasteiger charge is -2.19. The third-order valence-electron chi connectivity index (χ3n) is 9.68. The molecule has 0 atom stereocenters. The van der Waals surface area contributed by atoms with Gasteiger partial charge in [0.1, 0.15) is 0 Å². The summed E-state index contributed by atoms with van der Waals surface area (Å²) in [6.07, 6.45) is 3.19. The van der Waals surface area contributed by atoms with Crippen LogP contribution in [0.3, 0.4) is 0 Å². The van der Waals surface area contributed by atoms with E-state index in [9.17, 15) is 0 Å². The van der Waals surface area contributed by atoms with Crippen LogP contribution in [0.5, 0.6) is 0 Å². The Labute approximate surface area is 313 Å². The van der Waals surface area contributed by atoms with Crippen LogP contribution in [0.1, 0.15) is 11.1 Å². The van der Waals surface area contributed by atoms with Gasteiger partial charge < -0.3 is 11.5 Å². The number of rotatable bonds is 10. The predicted molar refractivity (Wildman–Crippen MR) is 230 cm³/mol. The number of fused-ring (bicyclic) bond motifs is 3. The van der Waals surface area contributed by atoms with Crippen LogP contribution in [0.25, 0.3) is 76.8 Å². The molecule has 0 radical (unpaired) electrons. The fraction of sp³-hybridized carbons (Fsp3) is 0.0417. The number of benzene rings is 8. The molecule has 8 aromatic rings. The maximum absolute atomic E-state index is 5.58. The van der Waals surface area contributed by atoms with Gasteiger partial charge in [-0.1, -0.05) is 152 Å². The SMILES string of the molecule is N/C=C\SCc1ccc(-c2c3ccccc3c(-c3ccc(CS/C=C\N)cc3)c3cc(-c4ccc(-c5cccc6ccccc56)cc4)ccc23)cc1. The molecule has 4 N–H and O–H groups in total. The zero-order valence-corrected chi connectivity index (χ0v) is 30.3. The van der Waals surface area contributed by atoms with Gasteiger partial charge in [-0.05, 0) is 105 Å². The molecule has 0 aliphatic heterocycles. The van der Waals surface area contributed by atoms with E-state index in [2.05, 4.69) is 158 Å². The second-order valence-corrected chi connectivity index (χ2v) is 14.6. The highest BCUT2D eigenvalue weighted by atomic mass is 32.2. The van der Waals surface area contributed by atoms with Crippen molar-refractivity contribution in [2.24, 2.45) is 11.5 Å². The van der Waals surface area contributed by atoms with Gasteiger partial charge in [0.25, 0.3) is 0 Å². The molecule has 0 heterocycles. The summed E-state index contributed by atoms with van der Waals surface area (Å²) in [6.45, 7) is 0. The van der Waals surface area contributed by atoms with Crippen LogP contribution in [0.15, 0.2) is 181 Å². The van der Waals surface area contributed by atoms with Crippen molar-refractivity contribution in [3.63, 3.8) is 0 Å². The second-order valence-electron chi connectivity index (χ2n) is 12.8. The molecule has 52 heavy (non-hydrogen) atoms. The van der Waals surface area contributed by atoms with Crippen molar-refractivity contribution in [2.45, 2.75) is 11.5 Å². The van der Waals surface area contributed by atoms with Gasteiger partial charge in [-0.3, -0.25) is 0 Å². The van der Waals surface area contributed by atoms with Crippen molar-refractivity contribution in [1.29, 1.82) is 0 Å². The average molecular weight is 707 g/mol. The highest BCUT2D eigenvalue weighted by molar-refractivity contribution is 8.01. The summed E-state index contributed by atoms with van der Waals surface area (Å²) in [4.78, 5) is 0. The Morgan fingerprint density at radius 1 is 0.385 bits per heavy atom. The molecule has 0 saturated carbocycles. The molecule has 0 aliphatic carbocycles. The Balaban J connectivity index is 1.28. The molecule has 8 rings (SSSR count). The molecule has 0 fully saturated rings. The predicted octanol–water partition coefficient (Wildman–Crippen LogP) is 13.1. The first-order valence-electron chi connectivity index (χ1n) is 17.4. The Hall–Kier alpha value is -5.68. The molecule has 252 valence electrons. The lowest BCUT2D eigenvalue weighted by Crippen LogP contribution is -1.92. The van der Waals surface area contributed by atoms with E-state index < -0.39 is 0 Å². The van der Waals surface area contributed by atoms with Crippen molar-refractivity contribution in [1.82, 2.24) is 0 Å². The van der Waals surface area contributed by atoms with E-state index in [1.54, 1.807) is 35.9 Å². The minimum absolute atomic E-state index is 0.879. The van der Waals surface area contributed by atoms with Gasteiger partial charge in [-0.15, -0.1) is 23.5 Å². The standard InChI is InChI=1S/C48H38N2S2/c49-26-28-51-31-33-12-16-38(17-13-33)47-43-9-3-4-10-44(43)48(39-18-14-34(15-19-39)32-52-29-27-50)46-30-40(24-25-45(46)47)35-20-22-37(23-21-35)42-11-5-7-36-6-1-2-8-41(36)42/h1-30H,31-32,49-50H2/b28-26-,29-27-. The summed E-state index contributed by atoms with van der Waals surface area (Å²) in [5, 5.41) is 11.4. The minimum atomic E-state index is 0.879. The van der Waals surface area contributed by atoms with Crippen molar-refractivity contribution in [3.05, 3.63) is 192 Å². The van der Waals surface area contributed by atoms with Gasteiger partial charge in [0.2, 0.25) is 0 Å². The van der Waals surface area contributed by atoms with Gasteiger partial charge in [0.05, 0.1) is 0 Å². The van der Waals surface area contributed by atoms with Gasteiger partial charge in [-0.2, -0.15) is 0 Å². The lowest BCUT2D eigenvalue weighted by molar-refractivity contribution is 1.42. The zero-order valence-electron chi connectivity index (χ0n) is 28.7. The van der Waals surface area contributed by atoms with E-state index in [4.69, 9.17) is 11.5 Å². The van der Waals surface area contributed by atoms with Crippen LogP contribution in [-0.2, 0) is 11.5 Å². The molecular weight excluding hydrogens is 669 g/mol. The first-order valence-corrected chi connectivity index (χ1v) is 19.5. The molecule has 0 spiro atoms. The lowest BCUT2D eigenvalue weighted by atomic mass is 9.84. The zero-order chi connectivity index (χ0) is 35.3. The van der Waals surface area contributed by atoms with Gasteiger partial charge in [0, 0.05) is 23.9 Å². The quantitative estimate of drug-likeness (QED) is 0.139. The molecule has 0 bridgehead atoms. The molecular formula is C48H38N2S2. The maximum atomic E-state index is 5.58. The molecule has 0 aromatic heterocycles. The van der Waals surface area contributed by atoms with E-state index in [0.717, 1.165) is 11.5 Å². The normalized spacial score (nSPS) is 11.8. The van der Waals surface area contributed by atoms with Gasteiger partial charge >= 0.3 is 0 Å². The van der Waals surface area contributed by atoms with Crippen LogP contribution in [-0.4, -0.2) is 0 Å². The van der Waals surface area contributed by atoms with E-state index in [-0.39, 0.29) is 0 Å². The Bertz CT molecular complexity index is 2560. The number of thioether (sulfide) groups is 2. The first kappa shape index (κ1) is 33.5. The molecule has 0 amide bonds. The highest BCUT2D eigenvalue weighted by Crippen LogP contribution is 2.45. The van der Waals surface area contributed by atoms with Crippen LogP contribution in [0.4, 0.5) is 0 Å². The molecule has 0 aliphatic rings. The smallest absolute Gasteiger partial charge is 0.0226 e. The van der Waals surface area contributed by atoms with Gasteiger partial charge in [0.15, 0.2) is 0 Å². The van der Waals surface area contributed by atoms with Crippen LogP contribution in [0, 0.1) is 0 Å². The first-order chi connectivity index (χ1) is 25.7. The topological polar surface area (TPSA) is 52.0 Å². The van der Waals surface area contributed by atoms with E-state index in [1.807, 2.05) is 10.8 Å². The largest absolute Gasteiger partial charge is 0.404 e. The van der Waals surface area contributed by atoms with E-state index >= 15 is 0 Å². The third-order valence-corrected chi connectivity index (χ3v) is 11.4. The summed E-state index contributed by atoms with van der Waals surface area (Å²) in [7, 11) is 0. The minimum Gasteiger partial charge on any atom is -0.404 e. The monoisotopic (exact) mass is 706 g/mol. The average Bonchev–Trinajstić information content (AvgIpc) is 3.20. The fourth-order valence-corrected chi connectivity index (χ4v) is 8.42. The summed E-state index contributed by atoms with van der Waals surface area (Å²) in [5.41, 5.74) is 23.5. The fourth-order valence-electron chi connectivity index (χ4n) is 7.23. The Morgan fingerprint density at radius 2 is 0.846 bits per heavy atom. The Morgan fingerprint density at radius 3 is 1.44 bits per heavy atom. The Kier molecular flexibility index (Phi) is 9.84. The van der Waals surface area contributed by atoms with Crippen LogP contribution in [0.2, 0.25) is 0 Å². The van der Waals surface area contributed by atoms with Gasteiger partial charge in [-0.25, -0.2) is 0 Å². The van der Waals surface area contributed by atoms with Crippen molar-refractivity contribution < 1.29 is 0 Å². The highest BCUT2D eigenvalue weighted by Gasteiger charge is 2.18. The summed E-state index contributed by atoms with van der Waals surface area (Å²) < 4.78 is 0. The molecule has 8 aromatic carbocycles. The van der Waals surface area contributed by atoms with Crippen molar-refractivity contribution in [2.75, 3.05) is 0 Å². The molecule has 2 nitrogen and oxygen atoms in total. The summed E-state index contributed by atoms with van der Waals surface area (Å²) in [5.74, 6) is 1.76. The second kappa shape index (κ2) is 15.3. The van der Waals surface area contributed by atoms with E-state index in [0.29, 0.717) is 0 Å².